The van der Waals surface area contributed by atoms with E-state index in [1.54, 1.807) is 12.3 Å². The van der Waals surface area contributed by atoms with Gasteiger partial charge >= 0.3 is 5.97 Å². The van der Waals surface area contributed by atoms with Crippen LogP contribution in [0.4, 0.5) is 9.52 Å². The Bertz CT molecular complexity index is 1520. The summed E-state index contributed by atoms with van der Waals surface area (Å²) in [6, 6.07) is 13.0. The summed E-state index contributed by atoms with van der Waals surface area (Å²) in [6.45, 7) is 3.02. The van der Waals surface area contributed by atoms with Gasteiger partial charge in [-0.15, -0.1) is 10.2 Å². The first-order chi connectivity index (χ1) is 17.9. The Kier molecular flexibility index (Phi) is 5.71. The second kappa shape index (κ2) is 9.07. The molecule has 0 radical (unpaired) electrons. The fourth-order valence-electron chi connectivity index (χ4n) is 4.80. The number of rotatable bonds is 5. The second-order valence-electron chi connectivity index (χ2n) is 9.24. The van der Waals surface area contributed by atoms with Crippen LogP contribution in [-0.2, 0) is 11.3 Å². The summed E-state index contributed by atoms with van der Waals surface area (Å²) in [5.41, 5.74) is 2.81. The molecule has 1 N–H and O–H groups in total. The van der Waals surface area contributed by atoms with Crippen molar-refractivity contribution in [2.24, 2.45) is 0 Å². The molecule has 2 aliphatic rings. The van der Waals surface area contributed by atoms with Gasteiger partial charge in [-0.2, -0.15) is 4.80 Å². The molecule has 0 unspecified atom stereocenters. The Morgan fingerprint density at radius 3 is 2.81 bits per heavy atom. The number of para-hydroxylation sites is 1. The summed E-state index contributed by atoms with van der Waals surface area (Å²) in [6.07, 6.45) is 5.20. The van der Waals surface area contributed by atoms with Gasteiger partial charge in [-0.25, -0.2) is 9.37 Å². The van der Waals surface area contributed by atoms with Gasteiger partial charge < -0.3 is 14.7 Å². The van der Waals surface area contributed by atoms with Crippen molar-refractivity contribution < 1.29 is 19.0 Å². The molecule has 0 aliphatic carbocycles. The first kappa shape index (κ1) is 23.3. The number of thiazole rings is 1. The number of halogens is 1. The molecule has 11 heteroatoms. The van der Waals surface area contributed by atoms with Crippen molar-refractivity contribution in [2.45, 2.75) is 31.9 Å². The number of hydrogen-bond donors (Lipinski definition) is 1. The van der Waals surface area contributed by atoms with Crippen LogP contribution in [0.1, 0.15) is 29.5 Å². The van der Waals surface area contributed by atoms with Gasteiger partial charge in [-0.3, -0.25) is 4.79 Å². The minimum Gasteiger partial charge on any atom is -0.482 e. The zero-order valence-corrected chi connectivity index (χ0v) is 20.8. The van der Waals surface area contributed by atoms with E-state index in [2.05, 4.69) is 31.4 Å². The molecule has 1 saturated heterocycles. The van der Waals surface area contributed by atoms with Crippen LogP contribution in [0.25, 0.3) is 16.3 Å². The minimum atomic E-state index is -1.04. The van der Waals surface area contributed by atoms with Gasteiger partial charge in [0, 0.05) is 37.1 Å². The Morgan fingerprint density at radius 2 is 2.00 bits per heavy atom. The number of anilines is 1. The first-order valence-electron chi connectivity index (χ1n) is 11.9. The first-order valence-corrected chi connectivity index (χ1v) is 12.7. The molecule has 0 bridgehead atoms. The predicted octanol–water partition coefficient (Wildman–Crippen LogP) is 4.19. The Hall–Kier alpha value is -4.12. The quantitative estimate of drug-likeness (QED) is 0.419. The molecule has 2 aliphatic heterocycles. The maximum atomic E-state index is 15.0. The Balaban J connectivity index is 1.24. The molecule has 2 aromatic heterocycles. The number of nitrogens with zero attached hydrogens (tertiary/aromatic N) is 6. The summed E-state index contributed by atoms with van der Waals surface area (Å²) in [7, 11) is 0. The van der Waals surface area contributed by atoms with E-state index in [0.29, 0.717) is 42.2 Å². The van der Waals surface area contributed by atoms with Crippen molar-refractivity contribution in [2.75, 3.05) is 18.0 Å². The van der Waals surface area contributed by atoms with Crippen molar-refractivity contribution >= 4 is 28.0 Å². The van der Waals surface area contributed by atoms with Crippen LogP contribution in [0, 0.1) is 12.7 Å². The average molecular weight is 519 g/mol. The van der Waals surface area contributed by atoms with Gasteiger partial charge in [0.05, 0.1) is 11.1 Å². The number of carboxylic acid groups (broad SMARTS) is 1. The third-order valence-corrected chi connectivity index (χ3v) is 7.69. The molecule has 37 heavy (non-hydrogen) atoms. The number of ether oxygens (including phenoxy) is 1. The number of aromatic nitrogens is 5. The van der Waals surface area contributed by atoms with E-state index in [4.69, 9.17) is 9.84 Å². The van der Waals surface area contributed by atoms with E-state index in [1.165, 1.54) is 17.4 Å². The van der Waals surface area contributed by atoms with Crippen LogP contribution in [-0.4, -0.2) is 55.0 Å². The van der Waals surface area contributed by atoms with Gasteiger partial charge in [0.15, 0.2) is 11.7 Å². The molecular formula is C26H23FN6O3S. The van der Waals surface area contributed by atoms with Crippen LogP contribution in [0.2, 0.25) is 0 Å². The van der Waals surface area contributed by atoms with Crippen LogP contribution < -0.4 is 9.64 Å². The van der Waals surface area contributed by atoms with E-state index >= 15 is 0 Å². The van der Waals surface area contributed by atoms with E-state index in [9.17, 15) is 9.18 Å². The Morgan fingerprint density at radius 1 is 1.19 bits per heavy atom. The smallest absolute Gasteiger partial charge is 0.327 e. The topological polar surface area (TPSA) is 106 Å². The van der Waals surface area contributed by atoms with Crippen molar-refractivity contribution in [3.8, 4) is 16.5 Å². The Labute approximate surface area is 215 Å². The zero-order chi connectivity index (χ0) is 25.6. The van der Waals surface area contributed by atoms with Gasteiger partial charge in [0.1, 0.15) is 17.2 Å². The molecule has 0 amide bonds. The van der Waals surface area contributed by atoms with Gasteiger partial charge in [0.25, 0.3) is 0 Å². The normalized spacial score (nSPS) is 16.3. The average Bonchev–Trinajstić information content (AvgIpc) is 3.55. The highest BCUT2D eigenvalue weighted by Gasteiger charge is 2.40. The zero-order valence-electron chi connectivity index (χ0n) is 20.0. The van der Waals surface area contributed by atoms with E-state index in [0.717, 1.165) is 32.4 Å². The lowest BCUT2D eigenvalue weighted by atomic mass is 9.82. The molecule has 6 rings (SSSR count). The molecule has 2 aromatic carbocycles. The van der Waals surface area contributed by atoms with E-state index < -0.39 is 11.6 Å². The summed E-state index contributed by atoms with van der Waals surface area (Å²) in [4.78, 5) is 19.4. The molecule has 9 nitrogen and oxygen atoms in total. The van der Waals surface area contributed by atoms with Gasteiger partial charge in [0.2, 0.25) is 5.82 Å². The lowest BCUT2D eigenvalue weighted by Crippen LogP contribution is -2.48. The van der Waals surface area contributed by atoms with Gasteiger partial charge in [-0.05, 0) is 42.0 Å². The SMILES string of the molecule is Cc1ccc(F)c(C2=CC3(CCN(c4ncc(-c5nnn(CC(=O)O)n5)s4)CC3)Oc3ccccc32)c1. The molecule has 4 heterocycles. The van der Waals surface area contributed by atoms with Crippen molar-refractivity contribution in [3.05, 3.63) is 77.2 Å². The fourth-order valence-corrected chi connectivity index (χ4v) is 5.70. The molecule has 188 valence electrons. The lowest BCUT2D eigenvalue weighted by molar-refractivity contribution is -0.138. The number of aryl methyl sites for hydroxylation is 1. The van der Waals surface area contributed by atoms with E-state index in [1.807, 2.05) is 37.3 Å². The highest BCUT2D eigenvalue weighted by Crippen LogP contribution is 2.44. The number of carboxylic acids is 1. The molecule has 1 fully saturated rings. The summed E-state index contributed by atoms with van der Waals surface area (Å²) >= 11 is 1.43. The number of piperidine rings is 1. The monoisotopic (exact) mass is 518 g/mol. The molecule has 1 spiro atoms. The number of fused-ring (bicyclic) bond motifs is 1. The molecular weight excluding hydrogens is 495 g/mol. The molecule has 4 aromatic rings. The number of hydrogen-bond acceptors (Lipinski definition) is 8. The largest absolute Gasteiger partial charge is 0.482 e. The number of benzene rings is 2. The summed E-state index contributed by atoms with van der Waals surface area (Å²) in [5, 5.41) is 21.6. The van der Waals surface area contributed by atoms with Crippen molar-refractivity contribution in [1.29, 1.82) is 0 Å². The van der Waals surface area contributed by atoms with Crippen LogP contribution in [0.5, 0.6) is 5.75 Å². The highest BCUT2D eigenvalue weighted by atomic mass is 32.1. The maximum absolute atomic E-state index is 15.0. The lowest BCUT2D eigenvalue weighted by Gasteiger charge is -2.43. The molecule has 0 saturated carbocycles. The van der Waals surface area contributed by atoms with Gasteiger partial charge in [-0.1, -0.05) is 41.2 Å². The fraction of sp³-hybridized carbons (Fsp3) is 0.269. The van der Waals surface area contributed by atoms with Crippen LogP contribution in [0.3, 0.4) is 0 Å². The van der Waals surface area contributed by atoms with E-state index in [-0.39, 0.29) is 12.4 Å². The predicted molar refractivity (Wildman–Crippen MR) is 136 cm³/mol. The maximum Gasteiger partial charge on any atom is 0.327 e. The molecule has 0 atom stereocenters. The van der Waals surface area contributed by atoms with Crippen molar-refractivity contribution in [3.63, 3.8) is 0 Å². The third kappa shape index (κ3) is 4.46. The number of aliphatic carboxylic acids is 1. The number of carbonyl (C=O) groups is 1. The highest BCUT2D eigenvalue weighted by molar-refractivity contribution is 7.18. The number of tetrazole rings is 1. The second-order valence-corrected chi connectivity index (χ2v) is 10.2. The van der Waals surface area contributed by atoms with Crippen LogP contribution >= 0.6 is 11.3 Å². The van der Waals surface area contributed by atoms with Crippen LogP contribution in [0.15, 0.2) is 54.7 Å². The third-order valence-electron chi connectivity index (χ3n) is 6.63. The standard InChI is InChI=1S/C26H23FN6O3S/c1-16-6-7-20(27)18(12-16)19-13-26(36-21-5-3-2-4-17(19)21)8-10-32(11-9-26)25-28-14-22(37-25)24-29-31-33(30-24)15-23(34)35/h2-7,12-14H,8-11,15H2,1H3,(H,34,35). The summed E-state index contributed by atoms with van der Waals surface area (Å²) < 4.78 is 21.5. The summed E-state index contributed by atoms with van der Waals surface area (Å²) in [5.74, 6) is -0.170. The minimum absolute atomic E-state index is 0.245. The van der Waals surface area contributed by atoms with Crippen molar-refractivity contribution in [1.82, 2.24) is 25.2 Å².